The van der Waals surface area contributed by atoms with Crippen LogP contribution >= 0.6 is 11.6 Å². The molecule has 2 aromatic heterocycles. The van der Waals surface area contributed by atoms with Gasteiger partial charge in [0.25, 0.3) is 5.56 Å². The number of para-hydroxylation sites is 1. The van der Waals surface area contributed by atoms with Gasteiger partial charge in [-0.25, -0.2) is 9.78 Å². The molecule has 0 aliphatic heterocycles. The molecule has 0 spiro atoms. The Morgan fingerprint density at radius 1 is 1.00 bits per heavy atom. The largest absolute Gasteiger partial charge is 0.465 e. The molecule has 2 heterocycles. The Bertz CT molecular complexity index is 1610. The number of benzene rings is 3. The summed E-state index contributed by atoms with van der Waals surface area (Å²) < 4.78 is 8.32. The molecule has 5 aromatic rings. The van der Waals surface area contributed by atoms with Crippen LogP contribution < -0.4 is 10.9 Å². The Balaban J connectivity index is 1.65. The van der Waals surface area contributed by atoms with E-state index in [2.05, 4.69) is 10.3 Å². The van der Waals surface area contributed by atoms with Gasteiger partial charge in [-0.1, -0.05) is 41.9 Å². The molecule has 174 valence electrons. The van der Waals surface area contributed by atoms with E-state index in [-0.39, 0.29) is 16.5 Å². The maximum absolute atomic E-state index is 13.7. The van der Waals surface area contributed by atoms with Crippen molar-refractivity contribution in [2.75, 3.05) is 12.4 Å². The Kier molecular flexibility index (Phi) is 5.84. The molecule has 0 saturated carbocycles. The number of aryl methyl sites for hydroxylation is 1. The number of methoxy groups -OCH3 is 1. The standard InChI is InChI=1S/C27H21ClN4O3/c1-31-15-14-19-16-20(12-13-22(19)31)29-25-26(33)32(21-6-4-3-5-7-21)23(24(28)30-25)17-8-10-18(11-9-17)27(34)35-2/h3-16H,1-2H3,(H,29,30). The molecule has 0 fully saturated rings. The second kappa shape index (κ2) is 9.12. The van der Waals surface area contributed by atoms with Crippen LogP contribution in [-0.2, 0) is 11.8 Å². The first-order chi connectivity index (χ1) is 17.0. The summed E-state index contributed by atoms with van der Waals surface area (Å²) in [5.41, 5.74) is 3.52. The van der Waals surface area contributed by atoms with Crippen LogP contribution in [0.25, 0.3) is 27.8 Å². The highest BCUT2D eigenvalue weighted by Crippen LogP contribution is 2.30. The Morgan fingerprint density at radius 2 is 1.74 bits per heavy atom. The lowest BCUT2D eigenvalue weighted by molar-refractivity contribution is 0.0600. The summed E-state index contributed by atoms with van der Waals surface area (Å²) in [7, 11) is 3.30. The molecular weight excluding hydrogens is 464 g/mol. The molecule has 0 bridgehead atoms. The molecular formula is C27H21ClN4O3. The van der Waals surface area contributed by atoms with Gasteiger partial charge in [-0.05, 0) is 48.5 Å². The van der Waals surface area contributed by atoms with E-state index >= 15 is 0 Å². The molecule has 0 aliphatic carbocycles. The Labute approximate surface area is 206 Å². The highest BCUT2D eigenvalue weighted by atomic mass is 35.5. The number of nitrogens with one attached hydrogen (secondary N) is 1. The molecule has 0 amide bonds. The number of carbonyl (C=O) groups excluding carboxylic acids is 1. The fourth-order valence-corrected chi connectivity index (χ4v) is 4.31. The summed E-state index contributed by atoms with van der Waals surface area (Å²) in [5, 5.41) is 4.31. The number of hydrogen-bond acceptors (Lipinski definition) is 5. The van der Waals surface area contributed by atoms with Crippen molar-refractivity contribution in [3.63, 3.8) is 0 Å². The molecule has 0 atom stereocenters. The van der Waals surface area contributed by atoms with E-state index in [0.29, 0.717) is 22.5 Å². The molecule has 0 aliphatic rings. The molecule has 8 heteroatoms. The highest BCUT2D eigenvalue weighted by molar-refractivity contribution is 6.32. The van der Waals surface area contributed by atoms with E-state index in [1.54, 1.807) is 24.3 Å². The van der Waals surface area contributed by atoms with Gasteiger partial charge in [0.05, 0.1) is 18.4 Å². The van der Waals surface area contributed by atoms with Crippen molar-refractivity contribution in [1.29, 1.82) is 0 Å². The van der Waals surface area contributed by atoms with E-state index in [4.69, 9.17) is 16.3 Å². The predicted octanol–water partition coefficient (Wildman–Crippen LogP) is 5.57. The number of rotatable bonds is 5. The number of halogens is 1. The zero-order chi connectivity index (χ0) is 24.5. The minimum absolute atomic E-state index is 0.101. The zero-order valence-electron chi connectivity index (χ0n) is 19.0. The lowest BCUT2D eigenvalue weighted by Gasteiger charge is -2.17. The Hall–Kier alpha value is -4.36. The number of ether oxygens (including phenoxy) is 1. The minimum atomic E-state index is -0.448. The van der Waals surface area contributed by atoms with E-state index in [0.717, 1.165) is 16.6 Å². The number of carbonyl (C=O) groups is 1. The number of hydrogen-bond donors (Lipinski definition) is 1. The van der Waals surface area contributed by atoms with Crippen LogP contribution in [-0.4, -0.2) is 27.2 Å². The average molecular weight is 485 g/mol. The van der Waals surface area contributed by atoms with Crippen LogP contribution in [0.5, 0.6) is 0 Å². The van der Waals surface area contributed by atoms with Gasteiger partial charge in [0.2, 0.25) is 0 Å². The lowest BCUT2D eigenvalue weighted by atomic mass is 10.1. The van der Waals surface area contributed by atoms with Gasteiger partial charge in [-0.2, -0.15) is 0 Å². The van der Waals surface area contributed by atoms with Crippen LogP contribution in [0.15, 0.2) is 89.9 Å². The van der Waals surface area contributed by atoms with Gasteiger partial charge in [-0.3, -0.25) is 9.36 Å². The molecule has 0 saturated heterocycles. The number of anilines is 2. The fraction of sp³-hybridized carbons (Fsp3) is 0.0741. The van der Waals surface area contributed by atoms with E-state index in [1.807, 2.05) is 72.4 Å². The first kappa shape index (κ1) is 22.4. The first-order valence-corrected chi connectivity index (χ1v) is 11.2. The van der Waals surface area contributed by atoms with Crippen molar-refractivity contribution in [3.05, 3.63) is 106 Å². The van der Waals surface area contributed by atoms with Crippen molar-refractivity contribution in [2.24, 2.45) is 7.05 Å². The Morgan fingerprint density at radius 3 is 2.46 bits per heavy atom. The van der Waals surface area contributed by atoms with Gasteiger partial charge in [-0.15, -0.1) is 0 Å². The van der Waals surface area contributed by atoms with Crippen molar-refractivity contribution in [3.8, 4) is 16.9 Å². The van der Waals surface area contributed by atoms with Crippen LogP contribution in [0.2, 0.25) is 5.15 Å². The molecule has 1 N–H and O–H groups in total. The summed E-state index contributed by atoms with van der Waals surface area (Å²) in [6, 6.07) is 23.7. The third-order valence-corrected chi connectivity index (χ3v) is 6.04. The quantitative estimate of drug-likeness (QED) is 0.330. The average Bonchev–Trinajstić information content (AvgIpc) is 3.25. The zero-order valence-corrected chi connectivity index (χ0v) is 19.8. The first-order valence-electron chi connectivity index (χ1n) is 10.8. The van der Waals surface area contributed by atoms with Crippen LogP contribution in [0.3, 0.4) is 0 Å². The molecule has 5 rings (SSSR count). The van der Waals surface area contributed by atoms with E-state index in [9.17, 15) is 9.59 Å². The summed E-state index contributed by atoms with van der Waals surface area (Å²) in [5.74, 6) is -0.347. The topological polar surface area (TPSA) is 78.2 Å². The number of fused-ring (bicyclic) bond motifs is 1. The van der Waals surface area contributed by atoms with E-state index < -0.39 is 5.97 Å². The molecule has 0 unspecified atom stereocenters. The normalized spacial score (nSPS) is 10.9. The smallest absolute Gasteiger partial charge is 0.337 e. The van der Waals surface area contributed by atoms with Gasteiger partial charge in [0, 0.05) is 41.1 Å². The van der Waals surface area contributed by atoms with Crippen molar-refractivity contribution in [1.82, 2.24) is 14.1 Å². The van der Waals surface area contributed by atoms with E-state index in [1.165, 1.54) is 11.7 Å². The molecule has 3 aromatic carbocycles. The fourth-order valence-electron chi connectivity index (χ4n) is 4.03. The predicted molar refractivity (Wildman–Crippen MR) is 138 cm³/mol. The van der Waals surface area contributed by atoms with Gasteiger partial charge >= 0.3 is 5.97 Å². The summed E-state index contributed by atoms with van der Waals surface area (Å²) >= 11 is 6.68. The molecule has 7 nitrogen and oxygen atoms in total. The number of esters is 1. The summed E-state index contributed by atoms with van der Waals surface area (Å²) in [6.45, 7) is 0. The van der Waals surface area contributed by atoms with Crippen molar-refractivity contribution < 1.29 is 9.53 Å². The maximum Gasteiger partial charge on any atom is 0.337 e. The molecule has 0 radical (unpaired) electrons. The summed E-state index contributed by atoms with van der Waals surface area (Å²) in [4.78, 5) is 30.0. The maximum atomic E-state index is 13.7. The molecule has 35 heavy (non-hydrogen) atoms. The third-order valence-electron chi connectivity index (χ3n) is 5.78. The minimum Gasteiger partial charge on any atom is -0.465 e. The second-order valence-electron chi connectivity index (χ2n) is 7.97. The van der Waals surface area contributed by atoms with Gasteiger partial charge < -0.3 is 14.6 Å². The third kappa shape index (κ3) is 4.18. The van der Waals surface area contributed by atoms with Gasteiger partial charge in [0.1, 0.15) is 0 Å². The SMILES string of the molecule is COC(=O)c1ccc(-c2c(Cl)nc(Nc3ccc4c(ccn4C)c3)c(=O)n2-c2ccccc2)cc1. The monoisotopic (exact) mass is 484 g/mol. The number of nitrogens with zero attached hydrogens (tertiary/aromatic N) is 3. The summed E-state index contributed by atoms with van der Waals surface area (Å²) in [6.07, 6.45) is 1.98. The van der Waals surface area contributed by atoms with Crippen molar-refractivity contribution >= 4 is 40.0 Å². The van der Waals surface area contributed by atoms with Crippen LogP contribution in [0.4, 0.5) is 11.5 Å². The second-order valence-corrected chi connectivity index (χ2v) is 8.33. The van der Waals surface area contributed by atoms with Gasteiger partial charge in [0.15, 0.2) is 11.0 Å². The van der Waals surface area contributed by atoms with Crippen molar-refractivity contribution in [2.45, 2.75) is 0 Å². The van der Waals surface area contributed by atoms with Crippen LogP contribution in [0, 0.1) is 0 Å². The highest BCUT2D eigenvalue weighted by Gasteiger charge is 2.19. The number of aromatic nitrogens is 3. The van der Waals surface area contributed by atoms with Crippen LogP contribution in [0.1, 0.15) is 10.4 Å². The lowest BCUT2D eigenvalue weighted by Crippen LogP contribution is -2.24.